The number of hydrogen-bond donors (Lipinski definition) is 1. The van der Waals surface area contributed by atoms with Crippen LogP contribution in [0.5, 0.6) is 0 Å². The van der Waals surface area contributed by atoms with Gasteiger partial charge in [0.15, 0.2) is 0 Å². The Morgan fingerprint density at radius 3 is 2.73 bits per heavy atom. The van der Waals surface area contributed by atoms with Gasteiger partial charge in [-0.05, 0) is 42.2 Å². The third-order valence-electron chi connectivity index (χ3n) is 6.65. The molecule has 0 spiro atoms. The minimum Gasteiger partial charge on any atom is -0.383 e. The number of para-hydroxylation sites is 1. The zero-order chi connectivity index (χ0) is 23.6. The molecule has 4 rings (SSSR count). The lowest BCUT2D eigenvalue weighted by Gasteiger charge is -2.39. The molecule has 0 radical (unpaired) electrons. The first-order valence-corrected chi connectivity index (χ1v) is 12.4. The molecule has 8 heteroatoms. The molecule has 2 aliphatic rings. The van der Waals surface area contributed by atoms with Crippen LogP contribution in [-0.4, -0.2) is 59.6 Å². The molecule has 1 aliphatic heterocycles. The van der Waals surface area contributed by atoms with Gasteiger partial charge < -0.3 is 19.9 Å². The first-order valence-electron chi connectivity index (χ1n) is 11.5. The Morgan fingerprint density at radius 1 is 1.24 bits per heavy atom. The topological polar surface area (TPSA) is 74.8 Å². The highest BCUT2D eigenvalue weighted by Gasteiger charge is 2.51. The molecule has 1 aromatic carbocycles. The van der Waals surface area contributed by atoms with Crippen LogP contribution >= 0.6 is 11.3 Å². The lowest BCUT2D eigenvalue weighted by Crippen LogP contribution is -2.38. The molecular formula is C25H34N4O3S. The van der Waals surface area contributed by atoms with Gasteiger partial charge in [-0.3, -0.25) is 4.79 Å². The maximum atomic E-state index is 13.3. The Hall–Kier alpha value is -2.45. The highest BCUT2D eigenvalue weighted by molar-refractivity contribution is 7.09. The van der Waals surface area contributed by atoms with E-state index in [1.54, 1.807) is 12.0 Å². The summed E-state index contributed by atoms with van der Waals surface area (Å²) in [6, 6.07) is 9.42. The largest absolute Gasteiger partial charge is 0.383 e. The standard InChI is InChI=1S/C25H34N4O3S/c1-24(2)12-19-13-25(3,16-24)17-29(19)22(30)20-15-33-21(27-20)14-28(10-11-32-4)23(31)26-18-8-6-5-7-9-18/h5-9,15,19H,10-14,16-17H2,1-4H3,(H,26,31). The van der Waals surface area contributed by atoms with Crippen LogP contribution < -0.4 is 5.32 Å². The maximum absolute atomic E-state index is 13.3. The van der Waals surface area contributed by atoms with Crippen LogP contribution in [0, 0.1) is 10.8 Å². The number of thiazole rings is 1. The van der Waals surface area contributed by atoms with E-state index >= 15 is 0 Å². The zero-order valence-electron chi connectivity index (χ0n) is 20.0. The highest BCUT2D eigenvalue weighted by Crippen LogP contribution is 2.52. The molecule has 178 valence electrons. The molecule has 33 heavy (non-hydrogen) atoms. The lowest BCUT2D eigenvalue weighted by molar-refractivity contribution is 0.0703. The molecule has 2 unspecified atom stereocenters. The Bertz CT molecular complexity index is 993. The Morgan fingerprint density at radius 2 is 2.00 bits per heavy atom. The molecule has 1 aromatic heterocycles. The summed E-state index contributed by atoms with van der Waals surface area (Å²) < 4.78 is 5.19. The van der Waals surface area contributed by atoms with Gasteiger partial charge in [-0.1, -0.05) is 39.0 Å². The number of aromatic nitrogens is 1. The predicted molar refractivity (Wildman–Crippen MR) is 130 cm³/mol. The number of urea groups is 1. The van der Waals surface area contributed by atoms with Crippen LogP contribution in [0.2, 0.25) is 0 Å². The fourth-order valence-electron chi connectivity index (χ4n) is 5.67. The summed E-state index contributed by atoms with van der Waals surface area (Å²) >= 11 is 1.43. The maximum Gasteiger partial charge on any atom is 0.322 e. The van der Waals surface area contributed by atoms with E-state index < -0.39 is 0 Å². The Labute approximate surface area is 200 Å². The number of methoxy groups -OCH3 is 1. The third kappa shape index (κ3) is 5.55. The molecule has 1 saturated heterocycles. The van der Waals surface area contributed by atoms with Crippen LogP contribution in [0.3, 0.4) is 0 Å². The van der Waals surface area contributed by atoms with Crippen molar-refractivity contribution in [3.05, 3.63) is 46.4 Å². The summed E-state index contributed by atoms with van der Waals surface area (Å²) in [7, 11) is 1.61. The molecule has 1 N–H and O–H groups in total. The van der Waals surface area contributed by atoms with E-state index in [0.29, 0.717) is 25.4 Å². The molecule has 2 atom stereocenters. The monoisotopic (exact) mass is 470 g/mol. The molecule has 2 bridgehead atoms. The number of nitrogens with one attached hydrogen (secondary N) is 1. The van der Waals surface area contributed by atoms with Gasteiger partial charge in [0.25, 0.3) is 5.91 Å². The number of fused-ring (bicyclic) bond motifs is 2. The van der Waals surface area contributed by atoms with E-state index in [1.165, 1.54) is 11.3 Å². The quantitative estimate of drug-likeness (QED) is 0.627. The van der Waals surface area contributed by atoms with E-state index in [2.05, 4.69) is 31.1 Å². The molecule has 3 amide bonds. The van der Waals surface area contributed by atoms with Gasteiger partial charge in [-0.2, -0.15) is 0 Å². The third-order valence-corrected chi connectivity index (χ3v) is 7.48. The van der Waals surface area contributed by atoms with Crippen molar-refractivity contribution in [3.63, 3.8) is 0 Å². The number of hydrogen-bond acceptors (Lipinski definition) is 5. The van der Waals surface area contributed by atoms with Crippen molar-refractivity contribution >= 4 is 29.0 Å². The van der Waals surface area contributed by atoms with Crippen LogP contribution in [0.15, 0.2) is 35.7 Å². The van der Waals surface area contributed by atoms with Crippen molar-refractivity contribution in [1.82, 2.24) is 14.8 Å². The van der Waals surface area contributed by atoms with Gasteiger partial charge in [-0.25, -0.2) is 9.78 Å². The molecule has 1 aliphatic carbocycles. The Balaban J connectivity index is 1.44. The Kier molecular flexibility index (Phi) is 6.77. The van der Waals surface area contributed by atoms with Crippen molar-refractivity contribution in [2.75, 3.05) is 32.1 Å². The second-order valence-corrected chi connectivity index (χ2v) is 11.4. The van der Waals surface area contributed by atoms with Gasteiger partial charge in [0, 0.05) is 37.3 Å². The van der Waals surface area contributed by atoms with Crippen LogP contribution in [0.4, 0.5) is 10.5 Å². The number of benzene rings is 1. The number of nitrogens with zero attached hydrogens (tertiary/aromatic N) is 3. The van der Waals surface area contributed by atoms with Crippen molar-refractivity contribution in [3.8, 4) is 0 Å². The first kappa shape index (κ1) is 23.7. The van der Waals surface area contributed by atoms with Crippen molar-refractivity contribution in [2.45, 2.75) is 52.6 Å². The van der Waals surface area contributed by atoms with E-state index in [4.69, 9.17) is 4.74 Å². The average Bonchev–Trinajstić information content (AvgIpc) is 3.32. The van der Waals surface area contributed by atoms with Crippen LogP contribution in [0.1, 0.15) is 55.5 Å². The second kappa shape index (κ2) is 9.43. The SMILES string of the molecule is COCCN(Cc1nc(C(=O)N2CC3(C)CC2CC(C)(C)C3)cs1)C(=O)Nc1ccccc1. The molecular weight excluding hydrogens is 436 g/mol. The molecule has 2 heterocycles. The van der Waals surface area contributed by atoms with E-state index in [9.17, 15) is 9.59 Å². The smallest absolute Gasteiger partial charge is 0.322 e. The summed E-state index contributed by atoms with van der Waals surface area (Å²) in [5, 5.41) is 5.49. The zero-order valence-corrected chi connectivity index (χ0v) is 20.8. The first-order chi connectivity index (χ1) is 15.7. The van der Waals surface area contributed by atoms with E-state index in [0.717, 1.165) is 36.5 Å². The number of ether oxygens (including phenoxy) is 1. The van der Waals surface area contributed by atoms with Crippen molar-refractivity contribution in [2.24, 2.45) is 10.8 Å². The van der Waals surface area contributed by atoms with Crippen LogP contribution in [-0.2, 0) is 11.3 Å². The summed E-state index contributed by atoms with van der Waals surface area (Å²) in [5.41, 5.74) is 1.66. The van der Waals surface area contributed by atoms with E-state index in [-0.39, 0.29) is 28.8 Å². The number of anilines is 1. The summed E-state index contributed by atoms with van der Waals surface area (Å²) in [4.78, 5) is 34.5. The summed E-state index contributed by atoms with van der Waals surface area (Å²) in [6.07, 6.45) is 3.26. The molecule has 7 nitrogen and oxygen atoms in total. The number of rotatable bonds is 7. The summed E-state index contributed by atoms with van der Waals surface area (Å²) in [6.45, 7) is 8.89. The molecule has 2 aromatic rings. The lowest BCUT2D eigenvalue weighted by atomic mass is 9.65. The second-order valence-electron chi connectivity index (χ2n) is 10.5. The fraction of sp³-hybridized carbons (Fsp3) is 0.560. The normalized spacial score (nSPS) is 23.4. The minimum absolute atomic E-state index is 0.0149. The predicted octanol–water partition coefficient (Wildman–Crippen LogP) is 4.86. The van der Waals surface area contributed by atoms with Gasteiger partial charge in [0.05, 0.1) is 13.2 Å². The van der Waals surface area contributed by atoms with E-state index in [1.807, 2.05) is 40.6 Å². The molecule has 1 saturated carbocycles. The average molecular weight is 471 g/mol. The fourth-order valence-corrected chi connectivity index (χ4v) is 6.45. The molecule has 2 fully saturated rings. The van der Waals surface area contributed by atoms with Gasteiger partial charge in [0.1, 0.15) is 10.7 Å². The van der Waals surface area contributed by atoms with Gasteiger partial charge in [-0.15, -0.1) is 11.3 Å². The number of carbonyl (C=O) groups excluding carboxylic acids is 2. The number of carbonyl (C=O) groups is 2. The number of amides is 3. The highest BCUT2D eigenvalue weighted by atomic mass is 32.1. The minimum atomic E-state index is -0.218. The van der Waals surface area contributed by atoms with Crippen LogP contribution in [0.25, 0.3) is 0 Å². The number of likely N-dealkylation sites (tertiary alicyclic amines) is 1. The van der Waals surface area contributed by atoms with Crippen molar-refractivity contribution in [1.29, 1.82) is 0 Å². The van der Waals surface area contributed by atoms with Gasteiger partial charge in [0.2, 0.25) is 0 Å². The van der Waals surface area contributed by atoms with Gasteiger partial charge >= 0.3 is 6.03 Å². The summed E-state index contributed by atoms with van der Waals surface area (Å²) in [5.74, 6) is 0.0149. The van der Waals surface area contributed by atoms with Crippen molar-refractivity contribution < 1.29 is 14.3 Å².